The molecule has 0 aromatic heterocycles. The van der Waals surface area contributed by atoms with Crippen LogP contribution >= 0.6 is 15.9 Å². The summed E-state index contributed by atoms with van der Waals surface area (Å²) in [4.78, 5) is 24.7. The van der Waals surface area contributed by atoms with Gasteiger partial charge in [0.25, 0.3) is 11.6 Å². The van der Waals surface area contributed by atoms with Gasteiger partial charge in [0.05, 0.1) is 4.92 Å². The summed E-state index contributed by atoms with van der Waals surface area (Å²) in [5.74, 6) is 0.106. The number of rotatable bonds is 3. The van der Waals surface area contributed by atoms with Gasteiger partial charge in [-0.1, -0.05) is 29.3 Å². The highest BCUT2D eigenvalue weighted by molar-refractivity contribution is 9.10. The number of likely N-dealkylation sites (tertiary alicyclic amines) is 1. The number of nitrogens with two attached hydrogens (primary N) is 1. The van der Waals surface area contributed by atoms with Gasteiger partial charge in [-0.05, 0) is 18.4 Å². The monoisotopic (exact) mass is 355 g/mol. The maximum Gasteiger partial charge on any atom is 0.271 e. The van der Waals surface area contributed by atoms with Gasteiger partial charge in [-0.3, -0.25) is 14.9 Å². The normalized spacial score (nSPS) is 22.1. The maximum atomic E-state index is 12.5. The van der Waals surface area contributed by atoms with Crippen molar-refractivity contribution < 1.29 is 9.72 Å². The molecule has 6 nitrogen and oxygen atoms in total. The summed E-state index contributed by atoms with van der Waals surface area (Å²) in [5.41, 5.74) is 6.29. The minimum Gasteiger partial charge on any atom is -0.338 e. The van der Waals surface area contributed by atoms with Crippen LogP contribution in [0.15, 0.2) is 22.7 Å². The molecule has 0 saturated carbocycles. The summed E-state index contributed by atoms with van der Waals surface area (Å²) < 4.78 is 0.529. The largest absolute Gasteiger partial charge is 0.338 e. The Hall–Kier alpha value is -1.47. The third kappa shape index (κ3) is 3.59. The highest BCUT2D eigenvalue weighted by Gasteiger charge is 2.29. The molecular weight excluding hydrogens is 338 g/mol. The predicted octanol–water partition coefficient (Wildman–Crippen LogP) is 2.56. The van der Waals surface area contributed by atoms with Gasteiger partial charge in [-0.2, -0.15) is 0 Å². The van der Waals surface area contributed by atoms with E-state index in [1.165, 1.54) is 12.1 Å². The van der Waals surface area contributed by atoms with Crippen molar-refractivity contribution in [2.45, 2.75) is 25.8 Å². The Morgan fingerprint density at radius 2 is 2.24 bits per heavy atom. The molecule has 114 valence electrons. The SMILES string of the molecule is CCC1CN(C(=O)c2cc(Br)cc([N+](=O)[O-])c2)CCC1N. The molecule has 0 radical (unpaired) electrons. The van der Waals surface area contributed by atoms with Crippen molar-refractivity contribution in [1.29, 1.82) is 0 Å². The van der Waals surface area contributed by atoms with Gasteiger partial charge in [0.2, 0.25) is 0 Å². The number of carbonyl (C=O) groups excluding carboxylic acids is 1. The fraction of sp³-hybridized carbons (Fsp3) is 0.500. The number of halogens is 1. The third-order valence-electron chi connectivity index (χ3n) is 3.94. The molecule has 0 aliphatic carbocycles. The fourth-order valence-corrected chi connectivity index (χ4v) is 3.13. The van der Waals surface area contributed by atoms with Crippen molar-refractivity contribution in [3.05, 3.63) is 38.3 Å². The molecule has 7 heteroatoms. The molecule has 1 aromatic carbocycles. The summed E-state index contributed by atoms with van der Waals surface area (Å²) in [6.07, 6.45) is 1.68. The molecule has 1 aromatic rings. The van der Waals surface area contributed by atoms with E-state index in [9.17, 15) is 14.9 Å². The van der Waals surface area contributed by atoms with Crippen molar-refractivity contribution in [3.8, 4) is 0 Å². The first-order valence-corrected chi connectivity index (χ1v) is 7.71. The molecule has 2 N–H and O–H groups in total. The number of nitro benzene ring substituents is 1. The van der Waals surface area contributed by atoms with Gasteiger partial charge in [0.1, 0.15) is 0 Å². The zero-order valence-corrected chi connectivity index (χ0v) is 13.4. The van der Waals surface area contributed by atoms with E-state index in [0.717, 1.165) is 12.8 Å². The molecule has 2 rings (SSSR count). The van der Waals surface area contributed by atoms with Gasteiger partial charge in [0, 0.05) is 41.3 Å². The van der Waals surface area contributed by atoms with Crippen LogP contribution in [-0.4, -0.2) is 34.9 Å². The van der Waals surface area contributed by atoms with E-state index in [0.29, 0.717) is 23.1 Å². The standard InChI is InChI=1S/C14H18BrN3O3/c1-2-9-8-17(4-3-13(9)16)14(19)10-5-11(15)7-12(6-10)18(20)21/h5-7,9,13H,2-4,8,16H2,1H3. The average Bonchev–Trinajstić information content (AvgIpc) is 2.46. The highest BCUT2D eigenvalue weighted by Crippen LogP contribution is 2.25. The van der Waals surface area contributed by atoms with Gasteiger partial charge in [0.15, 0.2) is 0 Å². The van der Waals surface area contributed by atoms with E-state index in [1.807, 2.05) is 0 Å². The van der Waals surface area contributed by atoms with Crippen molar-refractivity contribution in [1.82, 2.24) is 4.90 Å². The number of nitrogens with zero attached hydrogens (tertiary/aromatic N) is 2. The molecule has 1 aliphatic rings. The molecule has 1 amide bonds. The van der Waals surface area contributed by atoms with Crippen LogP contribution in [0.1, 0.15) is 30.1 Å². The summed E-state index contributed by atoms with van der Waals surface area (Å²) >= 11 is 3.21. The van der Waals surface area contributed by atoms with Crippen LogP contribution in [0.4, 0.5) is 5.69 Å². The second-order valence-corrected chi connectivity index (χ2v) is 6.24. The van der Waals surface area contributed by atoms with E-state index in [1.54, 1.807) is 11.0 Å². The minimum absolute atomic E-state index is 0.0894. The molecule has 21 heavy (non-hydrogen) atoms. The molecule has 2 unspecified atom stereocenters. The maximum absolute atomic E-state index is 12.5. The second-order valence-electron chi connectivity index (χ2n) is 5.33. The smallest absolute Gasteiger partial charge is 0.271 e. The Kier molecular flexibility index (Phi) is 4.95. The van der Waals surface area contributed by atoms with Crippen molar-refractivity contribution in [3.63, 3.8) is 0 Å². The van der Waals surface area contributed by atoms with Gasteiger partial charge >= 0.3 is 0 Å². The number of non-ortho nitro benzene ring substituents is 1. The molecular formula is C14H18BrN3O3. The van der Waals surface area contributed by atoms with Crippen LogP contribution in [0.2, 0.25) is 0 Å². The zero-order valence-electron chi connectivity index (χ0n) is 11.8. The number of amides is 1. The lowest BCUT2D eigenvalue weighted by atomic mass is 9.90. The number of nitro groups is 1. The Morgan fingerprint density at radius 3 is 2.86 bits per heavy atom. The van der Waals surface area contributed by atoms with E-state index >= 15 is 0 Å². The topological polar surface area (TPSA) is 89.5 Å². The summed E-state index contributed by atoms with van der Waals surface area (Å²) in [6, 6.07) is 4.45. The van der Waals surface area contributed by atoms with Crippen LogP contribution in [-0.2, 0) is 0 Å². The number of hydrogen-bond acceptors (Lipinski definition) is 4. The van der Waals surface area contributed by atoms with Crippen LogP contribution in [0.5, 0.6) is 0 Å². The number of piperidine rings is 1. The van der Waals surface area contributed by atoms with Crippen LogP contribution < -0.4 is 5.73 Å². The van der Waals surface area contributed by atoms with Crippen LogP contribution in [0.3, 0.4) is 0 Å². The lowest BCUT2D eigenvalue weighted by Gasteiger charge is -2.36. The molecule has 0 spiro atoms. The highest BCUT2D eigenvalue weighted by atomic mass is 79.9. The average molecular weight is 356 g/mol. The first kappa shape index (κ1) is 15.9. The Labute approximate surface area is 131 Å². The van der Waals surface area contributed by atoms with Gasteiger partial charge in [-0.15, -0.1) is 0 Å². The van der Waals surface area contributed by atoms with Crippen LogP contribution in [0.25, 0.3) is 0 Å². The zero-order chi connectivity index (χ0) is 15.6. The van der Waals surface area contributed by atoms with Gasteiger partial charge < -0.3 is 10.6 Å². The first-order chi connectivity index (χ1) is 9.92. The van der Waals surface area contributed by atoms with Crippen molar-refractivity contribution >= 4 is 27.5 Å². The lowest BCUT2D eigenvalue weighted by Crippen LogP contribution is -2.49. The molecule has 1 saturated heterocycles. The lowest BCUT2D eigenvalue weighted by molar-refractivity contribution is -0.385. The molecule has 1 heterocycles. The summed E-state index contributed by atoms with van der Waals surface area (Å²) in [6.45, 7) is 3.26. The number of benzene rings is 1. The van der Waals surface area contributed by atoms with Crippen molar-refractivity contribution in [2.24, 2.45) is 11.7 Å². The van der Waals surface area contributed by atoms with E-state index in [2.05, 4.69) is 22.9 Å². The van der Waals surface area contributed by atoms with Crippen LogP contribution in [0, 0.1) is 16.0 Å². The minimum atomic E-state index is -0.498. The Balaban J connectivity index is 2.22. The van der Waals surface area contributed by atoms with E-state index < -0.39 is 4.92 Å². The Morgan fingerprint density at radius 1 is 1.52 bits per heavy atom. The fourth-order valence-electron chi connectivity index (χ4n) is 2.65. The molecule has 1 aliphatic heterocycles. The summed E-state index contributed by atoms with van der Waals surface area (Å²) in [7, 11) is 0. The first-order valence-electron chi connectivity index (χ1n) is 6.92. The third-order valence-corrected chi connectivity index (χ3v) is 4.40. The van der Waals surface area contributed by atoms with Crippen molar-refractivity contribution in [2.75, 3.05) is 13.1 Å². The molecule has 2 atom stereocenters. The van der Waals surface area contributed by atoms with Gasteiger partial charge in [-0.25, -0.2) is 0 Å². The predicted molar refractivity (Wildman–Crippen MR) is 83.1 cm³/mol. The molecule has 1 fully saturated rings. The molecule has 0 bridgehead atoms. The Bertz CT molecular complexity index is 564. The number of hydrogen-bond donors (Lipinski definition) is 1. The quantitative estimate of drug-likeness (QED) is 0.666. The number of carbonyl (C=O) groups is 1. The second kappa shape index (κ2) is 6.53. The van der Waals surface area contributed by atoms with E-state index in [-0.39, 0.29) is 23.6 Å². The summed E-state index contributed by atoms with van der Waals surface area (Å²) in [5, 5.41) is 10.9. The van der Waals surface area contributed by atoms with E-state index in [4.69, 9.17) is 5.73 Å².